The SMILES string of the molecule is Cc1csc(N(CC(F)(F)F)C(=O)CSc2ccccc2)n1. The van der Waals surface area contributed by atoms with E-state index in [2.05, 4.69) is 4.98 Å². The Kier molecular flexibility index (Phi) is 5.47. The molecule has 0 aliphatic rings. The Bertz CT molecular complexity index is 629. The summed E-state index contributed by atoms with van der Waals surface area (Å²) in [6.45, 7) is 0.350. The summed E-state index contributed by atoms with van der Waals surface area (Å²) in [7, 11) is 0. The molecular weight excluding hydrogens is 333 g/mol. The van der Waals surface area contributed by atoms with E-state index in [9.17, 15) is 18.0 Å². The lowest BCUT2D eigenvalue weighted by Crippen LogP contribution is -2.40. The van der Waals surface area contributed by atoms with Crippen LogP contribution >= 0.6 is 23.1 Å². The lowest BCUT2D eigenvalue weighted by atomic mass is 10.4. The molecule has 0 unspecified atom stereocenters. The average molecular weight is 346 g/mol. The minimum Gasteiger partial charge on any atom is -0.278 e. The van der Waals surface area contributed by atoms with E-state index in [0.29, 0.717) is 10.6 Å². The van der Waals surface area contributed by atoms with Gasteiger partial charge in [-0.25, -0.2) is 4.98 Å². The smallest absolute Gasteiger partial charge is 0.278 e. The maximum absolute atomic E-state index is 12.7. The molecule has 0 fully saturated rings. The van der Waals surface area contributed by atoms with Crippen molar-refractivity contribution in [3.8, 4) is 0 Å². The van der Waals surface area contributed by atoms with Crippen molar-refractivity contribution in [1.29, 1.82) is 0 Å². The van der Waals surface area contributed by atoms with Gasteiger partial charge in [0.25, 0.3) is 0 Å². The molecule has 8 heteroatoms. The molecule has 0 bridgehead atoms. The first-order valence-corrected chi connectivity index (χ1v) is 8.19. The first kappa shape index (κ1) is 16.8. The molecule has 1 aromatic carbocycles. The van der Waals surface area contributed by atoms with Crippen LogP contribution < -0.4 is 4.90 Å². The molecule has 0 radical (unpaired) electrons. The second kappa shape index (κ2) is 7.15. The maximum Gasteiger partial charge on any atom is 0.406 e. The number of carbonyl (C=O) groups excluding carboxylic acids is 1. The fraction of sp³-hybridized carbons (Fsp3) is 0.286. The van der Waals surface area contributed by atoms with Gasteiger partial charge in [-0.2, -0.15) is 13.2 Å². The van der Waals surface area contributed by atoms with Crippen molar-refractivity contribution in [2.45, 2.75) is 18.0 Å². The van der Waals surface area contributed by atoms with Gasteiger partial charge in [-0.1, -0.05) is 18.2 Å². The number of thioether (sulfide) groups is 1. The van der Waals surface area contributed by atoms with E-state index in [0.717, 1.165) is 16.2 Å². The molecule has 1 heterocycles. The van der Waals surface area contributed by atoms with Crippen molar-refractivity contribution < 1.29 is 18.0 Å². The summed E-state index contributed by atoms with van der Waals surface area (Å²) in [6, 6.07) is 9.06. The molecule has 1 aromatic heterocycles. The number of nitrogens with zero attached hydrogens (tertiary/aromatic N) is 2. The maximum atomic E-state index is 12.7. The first-order valence-electron chi connectivity index (χ1n) is 6.32. The third-order valence-corrected chi connectivity index (χ3v) is 4.56. The lowest BCUT2D eigenvalue weighted by molar-refractivity contribution is -0.131. The highest BCUT2D eigenvalue weighted by molar-refractivity contribution is 8.00. The summed E-state index contributed by atoms with van der Waals surface area (Å²) in [5, 5.41) is 1.70. The zero-order chi connectivity index (χ0) is 16.2. The van der Waals surface area contributed by atoms with E-state index >= 15 is 0 Å². The molecule has 0 saturated carbocycles. The van der Waals surface area contributed by atoms with Crippen LogP contribution in [0.4, 0.5) is 18.3 Å². The number of amides is 1. The highest BCUT2D eigenvalue weighted by atomic mass is 32.2. The highest BCUT2D eigenvalue weighted by Crippen LogP contribution is 2.27. The van der Waals surface area contributed by atoms with Crippen LogP contribution in [0.5, 0.6) is 0 Å². The molecule has 2 aromatic rings. The zero-order valence-corrected chi connectivity index (χ0v) is 13.3. The molecule has 118 valence electrons. The minimum absolute atomic E-state index is 0.0707. The van der Waals surface area contributed by atoms with Gasteiger partial charge in [0.15, 0.2) is 5.13 Å². The Morgan fingerprint density at radius 2 is 2.00 bits per heavy atom. The Morgan fingerprint density at radius 3 is 2.55 bits per heavy atom. The van der Waals surface area contributed by atoms with Crippen LogP contribution in [-0.2, 0) is 4.79 Å². The summed E-state index contributed by atoms with van der Waals surface area (Å²) in [5.41, 5.74) is 0.593. The number of alkyl halides is 3. The summed E-state index contributed by atoms with van der Waals surface area (Å²) in [4.78, 5) is 17.7. The van der Waals surface area contributed by atoms with Gasteiger partial charge in [0.1, 0.15) is 6.54 Å². The monoisotopic (exact) mass is 346 g/mol. The van der Waals surface area contributed by atoms with Gasteiger partial charge in [0.2, 0.25) is 5.91 Å². The van der Waals surface area contributed by atoms with Crippen molar-refractivity contribution in [1.82, 2.24) is 4.98 Å². The third kappa shape index (κ3) is 5.03. The second-order valence-corrected chi connectivity index (χ2v) is 6.35. The fourth-order valence-corrected chi connectivity index (χ4v) is 3.26. The van der Waals surface area contributed by atoms with Gasteiger partial charge in [0.05, 0.1) is 11.4 Å². The lowest BCUT2D eigenvalue weighted by Gasteiger charge is -2.21. The second-order valence-electron chi connectivity index (χ2n) is 4.47. The van der Waals surface area contributed by atoms with Gasteiger partial charge >= 0.3 is 6.18 Å². The van der Waals surface area contributed by atoms with Gasteiger partial charge in [-0.05, 0) is 19.1 Å². The van der Waals surface area contributed by atoms with Crippen LogP contribution in [0.1, 0.15) is 5.69 Å². The Morgan fingerprint density at radius 1 is 1.32 bits per heavy atom. The molecule has 1 amide bonds. The van der Waals surface area contributed by atoms with Crippen molar-refractivity contribution in [2.24, 2.45) is 0 Å². The van der Waals surface area contributed by atoms with E-state index in [1.165, 1.54) is 11.8 Å². The van der Waals surface area contributed by atoms with E-state index in [1.807, 2.05) is 18.2 Å². The Labute approximate surface area is 134 Å². The predicted molar refractivity (Wildman–Crippen MR) is 82.4 cm³/mol. The molecule has 0 N–H and O–H groups in total. The largest absolute Gasteiger partial charge is 0.406 e. The zero-order valence-electron chi connectivity index (χ0n) is 11.6. The molecule has 2 rings (SSSR count). The molecule has 22 heavy (non-hydrogen) atoms. The number of aryl methyl sites for hydroxylation is 1. The fourth-order valence-electron chi connectivity index (χ4n) is 1.65. The number of carbonyl (C=O) groups is 1. The molecule has 0 spiro atoms. The molecule has 0 aliphatic heterocycles. The van der Waals surface area contributed by atoms with Crippen LogP contribution in [0.2, 0.25) is 0 Å². The summed E-state index contributed by atoms with van der Waals surface area (Å²) >= 11 is 2.24. The normalized spacial score (nSPS) is 11.5. The number of thiazole rings is 1. The first-order chi connectivity index (χ1) is 10.3. The van der Waals surface area contributed by atoms with Gasteiger partial charge < -0.3 is 0 Å². The topological polar surface area (TPSA) is 33.2 Å². The van der Waals surface area contributed by atoms with Crippen molar-refractivity contribution >= 4 is 34.1 Å². The quantitative estimate of drug-likeness (QED) is 0.763. The molecule has 3 nitrogen and oxygen atoms in total. The van der Waals surface area contributed by atoms with E-state index in [-0.39, 0.29) is 10.9 Å². The van der Waals surface area contributed by atoms with Crippen molar-refractivity contribution in [3.05, 3.63) is 41.4 Å². The third-order valence-electron chi connectivity index (χ3n) is 2.58. The number of halogens is 3. The molecule has 0 atom stereocenters. The Hall–Kier alpha value is -1.54. The van der Waals surface area contributed by atoms with E-state index in [1.54, 1.807) is 24.4 Å². The van der Waals surface area contributed by atoms with Crippen LogP contribution in [-0.4, -0.2) is 29.4 Å². The van der Waals surface area contributed by atoms with Gasteiger partial charge in [0, 0.05) is 10.3 Å². The van der Waals surface area contributed by atoms with E-state index in [4.69, 9.17) is 0 Å². The molecule has 0 aliphatic carbocycles. The number of aromatic nitrogens is 1. The van der Waals surface area contributed by atoms with Gasteiger partial charge in [-0.3, -0.25) is 9.69 Å². The van der Waals surface area contributed by atoms with Crippen molar-refractivity contribution in [2.75, 3.05) is 17.2 Å². The number of anilines is 1. The number of rotatable bonds is 5. The van der Waals surface area contributed by atoms with E-state index < -0.39 is 18.6 Å². The summed E-state index contributed by atoms with van der Waals surface area (Å²) in [5.74, 6) is -0.681. The number of benzene rings is 1. The summed E-state index contributed by atoms with van der Waals surface area (Å²) in [6.07, 6.45) is -4.47. The average Bonchev–Trinajstić information content (AvgIpc) is 2.89. The molecule has 0 saturated heterocycles. The standard InChI is InChI=1S/C14H13F3N2OS2/c1-10-7-22-13(18-10)19(9-14(15,16)17)12(20)8-21-11-5-3-2-4-6-11/h2-7H,8-9H2,1H3. The van der Waals surface area contributed by atoms with Crippen LogP contribution in [0.25, 0.3) is 0 Å². The molecular formula is C14H13F3N2OS2. The highest BCUT2D eigenvalue weighted by Gasteiger charge is 2.34. The Balaban J connectivity index is 2.09. The number of hydrogen-bond acceptors (Lipinski definition) is 4. The van der Waals surface area contributed by atoms with Crippen LogP contribution in [0.3, 0.4) is 0 Å². The number of hydrogen-bond donors (Lipinski definition) is 0. The summed E-state index contributed by atoms with van der Waals surface area (Å²) < 4.78 is 38.1. The predicted octanol–water partition coefficient (Wildman–Crippen LogP) is 4.14. The van der Waals surface area contributed by atoms with Crippen molar-refractivity contribution in [3.63, 3.8) is 0 Å². The minimum atomic E-state index is -4.47. The van der Waals surface area contributed by atoms with Crippen LogP contribution in [0.15, 0.2) is 40.6 Å². The van der Waals surface area contributed by atoms with Gasteiger partial charge in [-0.15, -0.1) is 23.1 Å². The van der Waals surface area contributed by atoms with Crippen LogP contribution in [0, 0.1) is 6.92 Å².